The summed E-state index contributed by atoms with van der Waals surface area (Å²) in [6.45, 7) is 4.37. The monoisotopic (exact) mass is 401 g/mol. The maximum absolute atomic E-state index is 11.7. The summed E-state index contributed by atoms with van der Waals surface area (Å²) in [5.41, 5.74) is 5.17. The van der Waals surface area contributed by atoms with E-state index in [1.54, 1.807) is 12.1 Å². The van der Waals surface area contributed by atoms with E-state index >= 15 is 0 Å². The second kappa shape index (κ2) is 6.86. The van der Waals surface area contributed by atoms with Crippen LogP contribution in [0.3, 0.4) is 0 Å². The third-order valence-electron chi connectivity index (χ3n) is 4.88. The van der Waals surface area contributed by atoms with Crippen molar-refractivity contribution in [2.75, 3.05) is 12.8 Å². The fraction of sp³-hybridized carbons (Fsp3) is 0.300. The molecule has 1 aliphatic rings. The minimum absolute atomic E-state index is 0.249. The molecule has 5 nitrogen and oxygen atoms in total. The fourth-order valence-electron chi connectivity index (χ4n) is 3.45. The zero-order chi connectivity index (χ0) is 19.2. The van der Waals surface area contributed by atoms with Crippen molar-refractivity contribution in [2.45, 2.75) is 31.3 Å². The zero-order valence-electron chi connectivity index (χ0n) is 15.2. The number of aryl methyl sites for hydroxylation is 1. The SMILES string of the molecule is Cc1cnc2nc3c(cc2c1)CN(Cc1ccc(S(C)(=O)=O)cc1Cl)CC3. The van der Waals surface area contributed by atoms with Crippen LogP contribution in [0.1, 0.15) is 22.4 Å². The van der Waals surface area contributed by atoms with E-state index in [4.69, 9.17) is 16.6 Å². The summed E-state index contributed by atoms with van der Waals surface area (Å²) in [5.74, 6) is 0. The van der Waals surface area contributed by atoms with Crippen LogP contribution >= 0.6 is 11.6 Å². The smallest absolute Gasteiger partial charge is 0.175 e. The summed E-state index contributed by atoms with van der Waals surface area (Å²) in [5, 5.41) is 1.55. The van der Waals surface area contributed by atoms with E-state index in [9.17, 15) is 8.42 Å². The molecule has 1 aliphatic heterocycles. The van der Waals surface area contributed by atoms with Crippen molar-refractivity contribution in [2.24, 2.45) is 0 Å². The molecule has 0 spiro atoms. The number of sulfone groups is 1. The van der Waals surface area contributed by atoms with Crippen molar-refractivity contribution >= 4 is 32.5 Å². The number of benzene rings is 1. The van der Waals surface area contributed by atoms with Gasteiger partial charge in [0, 0.05) is 54.6 Å². The number of hydrogen-bond acceptors (Lipinski definition) is 5. The van der Waals surface area contributed by atoms with Gasteiger partial charge in [-0.3, -0.25) is 4.90 Å². The molecule has 1 aromatic carbocycles. The van der Waals surface area contributed by atoms with Crippen LogP contribution in [0.5, 0.6) is 0 Å². The van der Waals surface area contributed by atoms with Crippen LogP contribution in [0.4, 0.5) is 0 Å². The minimum atomic E-state index is -3.25. The third-order valence-corrected chi connectivity index (χ3v) is 6.34. The van der Waals surface area contributed by atoms with Gasteiger partial charge in [0.1, 0.15) is 0 Å². The Bertz CT molecular complexity index is 1150. The van der Waals surface area contributed by atoms with Crippen LogP contribution in [-0.2, 0) is 29.3 Å². The van der Waals surface area contributed by atoms with Gasteiger partial charge in [-0.15, -0.1) is 0 Å². The first kappa shape index (κ1) is 18.3. The molecule has 0 bridgehead atoms. The van der Waals surface area contributed by atoms with Gasteiger partial charge < -0.3 is 0 Å². The molecule has 0 unspecified atom stereocenters. The highest BCUT2D eigenvalue weighted by Gasteiger charge is 2.20. The zero-order valence-corrected chi connectivity index (χ0v) is 16.8. The van der Waals surface area contributed by atoms with Gasteiger partial charge in [0.15, 0.2) is 15.5 Å². The topological polar surface area (TPSA) is 63.2 Å². The lowest BCUT2D eigenvalue weighted by molar-refractivity contribution is 0.244. The lowest BCUT2D eigenvalue weighted by Crippen LogP contribution is -2.30. The summed E-state index contributed by atoms with van der Waals surface area (Å²) < 4.78 is 23.3. The predicted octanol–water partition coefficient (Wildman–Crippen LogP) is 3.55. The van der Waals surface area contributed by atoms with E-state index in [2.05, 4.69) is 22.0 Å². The molecule has 0 saturated heterocycles. The van der Waals surface area contributed by atoms with Gasteiger partial charge in [0.05, 0.1) is 4.90 Å². The Balaban J connectivity index is 1.58. The van der Waals surface area contributed by atoms with Crippen LogP contribution in [-0.4, -0.2) is 36.1 Å². The molecule has 0 saturated carbocycles. The molecule has 4 rings (SSSR count). The first-order chi connectivity index (χ1) is 12.8. The van der Waals surface area contributed by atoms with Crippen LogP contribution in [0.2, 0.25) is 5.02 Å². The molecule has 27 heavy (non-hydrogen) atoms. The maximum atomic E-state index is 11.7. The van der Waals surface area contributed by atoms with E-state index in [0.717, 1.165) is 47.4 Å². The summed E-state index contributed by atoms with van der Waals surface area (Å²) in [6, 6.07) is 9.25. The van der Waals surface area contributed by atoms with Crippen molar-refractivity contribution in [1.29, 1.82) is 0 Å². The summed E-state index contributed by atoms with van der Waals surface area (Å²) in [7, 11) is -3.25. The highest BCUT2D eigenvalue weighted by molar-refractivity contribution is 7.90. The number of pyridine rings is 2. The molecule has 3 heterocycles. The van der Waals surface area contributed by atoms with E-state index in [-0.39, 0.29) is 4.90 Å². The van der Waals surface area contributed by atoms with Gasteiger partial charge in [-0.05, 0) is 47.9 Å². The third kappa shape index (κ3) is 3.83. The van der Waals surface area contributed by atoms with Crippen molar-refractivity contribution in [1.82, 2.24) is 14.9 Å². The van der Waals surface area contributed by atoms with Crippen molar-refractivity contribution in [3.8, 4) is 0 Å². The number of hydrogen-bond donors (Lipinski definition) is 0. The molecule has 140 valence electrons. The Morgan fingerprint density at radius 2 is 2.04 bits per heavy atom. The molecule has 3 aromatic rings. The first-order valence-corrected chi connectivity index (χ1v) is 11.0. The molecule has 0 atom stereocenters. The largest absolute Gasteiger partial charge is 0.294 e. The molecule has 2 aromatic heterocycles. The summed E-state index contributed by atoms with van der Waals surface area (Å²) in [6.07, 6.45) is 3.90. The van der Waals surface area contributed by atoms with E-state index in [1.807, 2.05) is 13.1 Å². The minimum Gasteiger partial charge on any atom is -0.294 e. The molecular formula is C20H20ClN3O2S. The van der Waals surface area contributed by atoms with Crippen LogP contribution in [0, 0.1) is 6.92 Å². The van der Waals surface area contributed by atoms with Gasteiger partial charge >= 0.3 is 0 Å². The lowest BCUT2D eigenvalue weighted by Gasteiger charge is -2.28. The van der Waals surface area contributed by atoms with Crippen LogP contribution in [0.15, 0.2) is 41.4 Å². The average Bonchev–Trinajstić information content (AvgIpc) is 2.60. The Morgan fingerprint density at radius 1 is 1.22 bits per heavy atom. The van der Waals surface area contributed by atoms with Crippen LogP contribution < -0.4 is 0 Å². The molecule has 0 aliphatic carbocycles. The number of aromatic nitrogens is 2. The average molecular weight is 402 g/mol. The molecule has 0 amide bonds. The second-order valence-corrected chi connectivity index (χ2v) is 9.56. The van der Waals surface area contributed by atoms with Gasteiger partial charge in [0.25, 0.3) is 0 Å². The molecular weight excluding hydrogens is 382 g/mol. The van der Waals surface area contributed by atoms with Crippen molar-refractivity contribution in [3.05, 3.63) is 63.9 Å². The molecule has 7 heteroatoms. The quantitative estimate of drug-likeness (QED) is 0.671. The number of fused-ring (bicyclic) bond motifs is 2. The van der Waals surface area contributed by atoms with E-state index in [1.165, 1.54) is 17.9 Å². The Hall–Kier alpha value is -2.02. The fourth-order valence-corrected chi connectivity index (χ4v) is 4.41. The van der Waals surface area contributed by atoms with E-state index < -0.39 is 9.84 Å². The van der Waals surface area contributed by atoms with Gasteiger partial charge in [-0.25, -0.2) is 18.4 Å². The Kier molecular flexibility index (Phi) is 4.66. The molecule has 0 fully saturated rings. The predicted molar refractivity (Wildman–Crippen MR) is 107 cm³/mol. The summed E-state index contributed by atoms with van der Waals surface area (Å²) >= 11 is 6.34. The Morgan fingerprint density at radius 3 is 2.78 bits per heavy atom. The number of rotatable bonds is 3. The van der Waals surface area contributed by atoms with Crippen molar-refractivity contribution in [3.63, 3.8) is 0 Å². The van der Waals surface area contributed by atoms with Crippen molar-refractivity contribution < 1.29 is 8.42 Å². The highest BCUT2D eigenvalue weighted by atomic mass is 35.5. The van der Waals surface area contributed by atoms with E-state index in [0.29, 0.717) is 11.6 Å². The van der Waals surface area contributed by atoms with Crippen LogP contribution in [0.25, 0.3) is 11.0 Å². The first-order valence-electron chi connectivity index (χ1n) is 8.75. The summed E-state index contributed by atoms with van der Waals surface area (Å²) in [4.78, 5) is 11.7. The molecule has 0 radical (unpaired) electrons. The maximum Gasteiger partial charge on any atom is 0.175 e. The number of nitrogens with zero attached hydrogens (tertiary/aromatic N) is 3. The second-order valence-electron chi connectivity index (χ2n) is 7.14. The number of halogens is 1. The highest BCUT2D eigenvalue weighted by Crippen LogP contribution is 2.26. The standard InChI is InChI=1S/C20H20ClN3O2S/c1-13-7-15-8-16-12-24(6-5-19(16)23-20(15)22-10-13)11-14-3-4-17(9-18(14)21)27(2,25)26/h3-4,7-10H,5-6,11-12H2,1-2H3. The lowest BCUT2D eigenvalue weighted by atomic mass is 10.0. The Labute approximate surface area is 163 Å². The molecule has 0 N–H and O–H groups in total. The van der Waals surface area contributed by atoms with Gasteiger partial charge in [0.2, 0.25) is 0 Å². The van der Waals surface area contributed by atoms with Gasteiger partial charge in [-0.2, -0.15) is 0 Å². The van der Waals surface area contributed by atoms with Gasteiger partial charge in [-0.1, -0.05) is 17.7 Å². The normalized spacial score (nSPS) is 15.1.